The summed E-state index contributed by atoms with van der Waals surface area (Å²) in [5, 5.41) is 0. The van der Waals surface area contributed by atoms with Gasteiger partial charge in [0.25, 0.3) is 11.8 Å². The van der Waals surface area contributed by atoms with E-state index in [0.29, 0.717) is 0 Å². The molecule has 0 spiro atoms. The normalized spacial score (nSPS) is 43.1. The topological polar surface area (TPSA) is 55.5 Å². The smallest absolute Gasteiger partial charge is 0.237 e. The molecule has 16 heteroatoms. The fraction of sp³-hybridized carbons (Fsp3) is 1.00. The maximum absolute atomic E-state index is 6.57. The molecule has 0 saturated carbocycles. The molecule has 0 aromatic rings. The molecule has 0 N–H and O–H groups in total. The van der Waals surface area contributed by atoms with Gasteiger partial charge in [-0.2, -0.15) is 18.1 Å². The summed E-state index contributed by atoms with van der Waals surface area (Å²) in [7, 11) is 0. The second-order valence-electron chi connectivity index (χ2n) is 4.17. The van der Waals surface area contributed by atoms with E-state index in [9.17, 15) is 0 Å². The SMILES string of the molecule is ClP1(Cl)=NP(Cl)(Cl)=N[P@@](Cl)(N2CC2)=N[P@@](Cl)(N2CC2)=N1. The minimum absolute atomic E-state index is 0.775. The number of hydrogen-bond donors (Lipinski definition) is 0. The maximum Gasteiger partial charge on any atom is 0.257 e. The van der Waals surface area contributed by atoms with Gasteiger partial charge in [-0.25, -0.2) is 9.34 Å². The van der Waals surface area contributed by atoms with Gasteiger partial charge in [0.05, 0.1) is 0 Å². The van der Waals surface area contributed by atoms with Gasteiger partial charge in [0.15, 0.2) is 0 Å². The number of nitrogens with zero attached hydrogens (tertiary/aromatic N) is 6. The molecule has 2 saturated heterocycles. The van der Waals surface area contributed by atoms with E-state index in [4.69, 9.17) is 67.4 Å². The Balaban J connectivity index is 2.27. The van der Waals surface area contributed by atoms with E-state index in [-0.39, 0.29) is 0 Å². The predicted molar refractivity (Wildman–Crippen MR) is 95.7 cm³/mol. The molecule has 116 valence electrons. The molecule has 0 radical (unpaired) electrons. The van der Waals surface area contributed by atoms with E-state index in [1.165, 1.54) is 0 Å². The second kappa shape index (κ2) is 5.55. The van der Waals surface area contributed by atoms with Crippen molar-refractivity contribution < 1.29 is 0 Å². The minimum atomic E-state index is -3.12. The minimum Gasteiger partial charge on any atom is -0.237 e. The van der Waals surface area contributed by atoms with Crippen molar-refractivity contribution in [2.45, 2.75) is 0 Å². The largest absolute Gasteiger partial charge is 0.257 e. The van der Waals surface area contributed by atoms with E-state index in [1.807, 2.05) is 9.34 Å². The average molecular weight is 477 g/mol. The Hall–Kier alpha value is 2.58. The Bertz CT molecular complexity index is 642. The van der Waals surface area contributed by atoms with E-state index in [0.717, 1.165) is 26.2 Å². The van der Waals surface area contributed by atoms with Crippen LogP contribution in [0.4, 0.5) is 0 Å². The molecule has 3 aliphatic rings. The molecule has 0 aromatic heterocycles. The van der Waals surface area contributed by atoms with Gasteiger partial charge in [-0.05, 0) is 67.4 Å². The summed E-state index contributed by atoms with van der Waals surface area (Å²) < 4.78 is 20.9. The van der Waals surface area contributed by atoms with Crippen LogP contribution in [0.3, 0.4) is 0 Å². The third-order valence-electron chi connectivity index (χ3n) is 2.45. The van der Waals surface area contributed by atoms with Crippen molar-refractivity contribution in [2.24, 2.45) is 18.1 Å². The van der Waals surface area contributed by atoms with Crippen LogP contribution >= 0.6 is 92.7 Å². The molecule has 20 heavy (non-hydrogen) atoms. The molecule has 0 amide bonds. The van der Waals surface area contributed by atoms with Gasteiger partial charge in [0, 0.05) is 26.2 Å². The Kier molecular flexibility index (Phi) is 4.83. The van der Waals surface area contributed by atoms with Crippen LogP contribution in [-0.2, 0) is 0 Å². The van der Waals surface area contributed by atoms with Crippen LogP contribution in [-0.4, -0.2) is 35.5 Å². The Morgan fingerprint density at radius 2 is 0.950 bits per heavy atom. The van der Waals surface area contributed by atoms with E-state index >= 15 is 0 Å². The van der Waals surface area contributed by atoms with Gasteiger partial charge in [-0.3, -0.25) is 0 Å². The Morgan fingerprint density at radius 1 is 0.550 bits per heavy atom. The predicted octanol–water partition coefficient (Wildman–Crippen LogP) is 7.85. The van der Waals surface area contributed by atoms with Crippen LogP contribution in [0, 0.1) is 0 Å². The van der Waals surface area contributed by atoms with Crippen LogP contribution in [0.25, 0.3) is 0 Å². The zero-order valence-corrected chi connectivity index (χ0v) is 17.7. The molecule has 0 aromatic carbocycles. The van der Waals surface area contributed by atoms with Gasteiger partial charge >= 0.3 is 0 Å². The van der Waals surface area contributed by atoms with E-state index in [1.54, 1.807) is 0 Å². The molecule has 3 rings (SSSR count). The lowest BCUT2D eigenvalue weighted by Gasteiger charge is -2.24. The van der Waals surface area contributed by atoms with Crippen molar-refractivity contribution in [1.29, 1.82) is 0 Å². The van der Waals surface area contributed by atoms with Gasteiger partial charge < -0.3 is 0 Å². The highest BCUT2D eigenvalue weighted by molar-refractivity contribution is 8.21. The maximum atomic E-state index is 6.57. The Morgan fingerprint density at radius 3 is 1.40 bits per heavy atom. The molecule has 0 bridgehead atoms. The van der Waals surface area contributed by atoms with E-state index < -0.39 is 25.2 Å². The first-order valence-corrected chi connectivity index (χ1v) is 17.4. The van der Waals surface area contributed by atoms with Crippen molar-refractivity contribution in [3.63, 3.8) is 0 Å². The van der Waals surface area contributed by atoms with Crippen LogP contribution < -0.4 is 0 Å². The quantitative estimate of drug-likeness (QED) is 0.301. The number of halogens is 6. The number of hydrogen-bond acceptors (Lipinski definition) is 6. The molecule has 3 aliphatic heterocycles. The molecular weight excluding hydrogens is 469 g/mol. The lowest BCUT2D eigenvalue weighted by Crippen LogP contribution is -1.90. The molecule has 0 aliphatic carbocycles. The lowest BCUT2D eigenvalue weighted by molar-refractivity contribution is 0.905. The van der Waals surface area contributed by atoms with Crippen LogP contribution in [0.2, 0.25) is 0 Å². The third kappa shape index (κ3) is 3.97. The summed E-state index contributed by atoms with van der Waals surface area (Å²) in [6.07, 6.45) is 0. The zero-order chi connectivity index (χ0) is 14.8. The molecular formula is C4H8Cl6N6P4. The monoisotopic (exact) mass is 474 g/mol. The summed E-state index contributed by atoms with van der Waals surface area (Å²) >= 11 is 37.7. The highest BCUT2D eigenvalue weighted by atomic mass is 35.9. The molecule has 2 atom stereocenters. The molecule has 0 unspecified atom stereocenters. The van der Waals surface area contributed by atoms with Gasteiger partial charge in [0.1, 0.15) is 0 Å². The van der Waals surface area contributed by atoms with Crippen LogP contribution in [0.1, 0.15) is 0 Å². The van der Waals surface area contributed by atoms with Gasteiger partial charge in [-0.1, -0.05) is 0 Å². The number of rotatable bonds is 2. The first-order valence-electron chi connectivity index (χ1n) is 5.28. The van der Waals surface area contributed by atoms with Crippen LogP contribution in [0.5, 0.6) is 0 Å². The lowest BCUT2D eigenvalue weighted by atomic mass is 11.0. The summed E-state index contributed by atoms with van der Waals surface area (Å²) in [5.74, 6) is -6.24. The molecule has 3 heterocycles. The van der Waals surface area contributed by atoms with Crippen LogP contribution in [0.15, 0.2) is 18.1 Å². The highest BCUT2D eigenvalue weighted by Gasteiger charge is 2.44. The third-order valence-corrected chi connectivity index (χ3v) is 20.4. The van der Waals surface area contributed by atoms with E-state index in [2.05, 4.69) is 18.1 Å². The van der Waals surface area contributed by atoms with Crippen molar-refractivity contribution in [3.05, 3.63) is 0 Å². The van der Waals surface area contributed by atoms with Crippen molar-refractivity contribution in [1.82, 2.24) is 9.34 Å². The zero-order valence-electron chi connectivity index (χ0n) is 9.57. The second-order valence-corrected chi connectivity index (χ2v) is 21.4. The fourth-order valence-electron chi connectivity index (χ4n) is 1.44. The van der Waals surface area contributed by atoms with Crippen molar-refractivity contribution in [2.75, 3.05) is 26.2 Å². The average Bonchev–Trinajstić information content (AvgIpc) is 3.06. The first kappa shape index (κ1) is 17.4. The highest BCUT2D eigenvalue weighted by Crippen LogP contribution is 2.88. The fourth-order valence-corrected chi connectivity index (χ4v) is 24.8. The Labute approximate surface area is 145 Å². The summed E-state index contributed by atoms with van der Waals surface area (Å²) in [6, 6.07) is 0. The molecule has 2 fully saturated rings. The van der Waals surface area contributed by atoms with Gasteiger partial charge in [-0.15, -0.1) is 0 Å². The standard InChI is InChI=1S/C4H8Cl6N6P4/c5-17(6)11-18(7,8)13-20(10,16-3-4-16)14-19(9,12-17)15-1-2-15/h1-4H2/t19-,20+. The summed E-state index contributed by atoms with van der Waals surface area (Å²) in [6.45, 7) is -2.46. The van der Waals surface area contributed by atoms with Crippen molar-refractivity contribution in [3.8, 4) is 0 Å². The van der Waals surface area contributed by atoms with Crippen molar-refractivity contribution >= 4 is 92.7 Å². The first-order chi connectivity index (χ1) is 9.04. The van der Waals surface area contributed by atoms with Gasteiger partial charge in [0.2, 0.25) is 13.4 Å². The molecule has 6 nitrogen and oxygen atoms in total. The summed E-state index contributed by atoms with van der Waals surface area (Å²) in [4.78, 5) is 0. The summed E-state index contributed by atoms with van der Waals surface area (Å²) in [5.41, 5.74) is 0.